The molecule has 0 bridgehead atoms. The lowest BCUT2D eigenvalue weighted by Gasteiger charge is -1.99. The minimum atomic E-state index is -0.198. The van der Waals surface area contributed by atoms with Gasteiger partial charge in [0.15, 0.2) is 0 Å². The summed E-state index contributed by atoms with van der Waals surface area (Å²) in [5, 5.41) is 0. The van der Waals surface area contributed by atoms with Crippen LogP contribution in [-0.4, -0.2) is 19.0 Å². The maximum absolute atomic E-state index is 10.8. The van der Waals surface area contributed by atoms with Crippen LogP contribution in [0.2, 0.25) is 0 Å². The molecule has 0 saturated carbocycles. The highest BCUT2D eigenvalue weighted by molar-refractivity contribution is 5.72. The van der Waals surface area contributed by atoms with Gasteiger partial charge in [-0.2, -0.15) is 0 Å². The summed E-state index contributed by atoms with van der Waals surface area (Å²) < 4.78 is 9.44. The Kier molecular flexibility index (Phi) is 8.05. The number of hydrogen-bond donors (Lipinski definition) is 0. The number of esters is 2. The van der Waals surface area contributed by atoms with Crippen LogP contribution in [-0.2, 0) is 20.7 Å². The van der Waals surface area contributed by atoms with Crippen LogP contribution < -0.4 is 4.74 Å². The van der Waals surface area contributed by atoms with Crippen molar-refractivity contribution in [2.75, 3.05) is 7.11 Å². The number of hydrogen-bond acceptors (Lipinski definition) is 4. The Morgan fingerprint density at radius 1 is 0.864 bits per heavy atom. The molecule has 0 unspecified atom stereocenters. The zero-order valence-corrected chi connectivity index (χ0v) is 12.8. The van der Waals surface area contributed by atoms with E-state index in [4.69, 9.17) is 4.74 Å². The Hall–Kier alpha value is -2.62. The third kappa shape index (κ3) is 7.24. The van der Waals surface area contributed by atoms with E-state index in [1.54, 1.807) is 19.1 Å². The molecule has 2 aromatic rings. The molecule has 0 spiro atoms. The molecule has 0 aliphatic rings. The standard InChI is InChI=1S/2C9H10O2/c1-11-9(10)7-8-5-3-2-4-6-8;1-2-9(10)11-8-6-4-3-5-7-8/h2-6H,7H2,1H3;3-7H,2H2,1H3. The maximum atomic E-state index is 10.8. The third-order valence-corrected chi connectivity index (χ3v) is 2.68. The number of benzene rings is 2. The quantitative estimate of drug-likeness (QED) is 0.641. The summed E-state index contributed by atoms with van der Waals surface area (Å²) in [5.41, 5.74) is 0.986. The molecule has 0 N–H and O–H groups in total. The minimum Gasteiger partial charge on any atom is -0.469 e. The van der Waals surface area contributed by atoms with Gasteiger partial charge >= 0.3 is 11.9 Å². The van der Waals surface area contributed by atoms with E-state index in [1.807, 2.05) is 48.5 Å². The van der Waals surface area contributed by atoms with Crippen LogP contribution in [0.3, 0.4) is 0 Å². The molecule has 2 aromatic carbocycles. The van der Waals surface area contributed by atoms with Crippen molar-refractivity contribution in [1.29, 1.82) is 0 Å². The van der Waals surface area contributed by atoms with E-state index in [0.29, 0.717) is 18.6 Å². The van der Waals surface area contributed by atoms with Crippen LogP contribution in [0, 0.1) is 0 Å². The highest BCUT2D eigenvalue weighted by Gasteiger charge is 2.00. The van der Waals surface area contributed by atoms with Crippen molar-refractivity contribution in [2.24, 2.45) is 0 Å². The fraction of sp³-hybridized carbons (Fsp3) is 0.222. The molecule has 116 valence electrons. The van der Waals surface area contributed by atoms with E-state index in [2.05, 4.69) is 4.74 Å². The molecule has 0 radical (unpaired) electrons. The number of methoxy groups -OCH3 is 1. The first-order chi connectivity index (χ1) is 10.7. The number of rotatable bonds is 4. The Morgan fingerprint density at radius 2 is 1.41 bits per heavy atom. The molecule has 0 heterocycles. The largest absolute Gasteiger partial charge is 0.469 e. The Balaban J connectivity index is 0.000000220. The van der Waals surface area contributed by atoms with Crippen LogP contribution in [0.5, 0.6) is 5.75 Å². The Labute approximate surface area is 130 Å². The van der Waals surface area contributed by atoms with Crippen LogP contribution in [0.25, 0.3) is 0 Å². The van der Waals surface area contributed by atoms with Crippen LogP contribution >= 0.6 is 0 Å². The smallest absolute Gasteiger partial charge is 0.310 e. The molecule has 22 heavy (non-hydrogen) atoms. The SMILES string of the molecule is CCC(=O)Oc1ccccc1.COC(=O)Cc1ccccc1. The molecule has 0 amide bonds. The zero-order chi connectivity index (χ0) is 16.2. The second-order valence-corrected chi connectivity index (χ2v) is 4.38. The van der Waals surface area contributed by atoms with E-state index < -0.39 is 0 Å². The summed E-state index contributed by atoms with van der Waals surface area (Å²) in [7, 11) is 1.39. The summed E-state index contributed by atoms with van der Waals surface area (Å²) >= 11 is 0. The molecule has 0 aromatic heterocycles. The lowest BCUT2D eigenvalue weighted by Crippen LogP contribution is -2.04. The monoisotopic (exact) mass is 300 g/mol. The van der Waals surface area contributed by atoms with Crippen molar-refractivity contribution in [3.63, 3.8) is 0 Å². The maximum Gasteiger partial charge on any atom is 0.310 e. The van der Waals surface area contributed by atoms with Crippen molar-refractivity contribution in [2.45, 2.75) is 19.8 Å². The molecule has 2 rings (SSSR count). The van der Waals surface area contributed by atoms with Crippen molar-refractivity contribution in [1.82, 2.24) is 0 Å². The van der Waals surface area contributed by atoms with Crippen molar-refractivity contribution < 1.29 is 19.1 Å². The van der Waals surface area contributed by atoms with Gasteiger partial charge in [0, 0.05) is 6.42 Å². The molecule has 4 nitrogen and oxygen atoms in total. The fourth-order valence-corrected chi connectivity index (χ4v) is 1.53. The van der Waals surface area contributed by atoms with E-state index in [1.165, 1.54) is 7.11 Å². The third-order valence-electron chi connectivity index (χ3n) is 2.68. The Morgan fingerprint density at radius 3 is 1.91 bits per heavy atom. The van der Waals surface area contributed by atoms with Crippen molar-refractivity contribution in [3.8, 4) is 5.75 Å². The molecule has 0 fully saturated rings. The summed E-state index contributed by atoms with van der Waals surface area (Å²) in [6, 6.07) is 18.6. The minimum absolute atomic E-state index is 0.198. The van der Waals surface area contributed by atoms with Crippen molar-refractivity contribution in [3.05, 3.63) is 66.2 Å². The van der Waals surface area contributed by atoms with Crippen LogP contribution in [0.15, 0.2) is 60.7 Å². The van der Waals surface area contributed by atoms with Gasteiger partial charge in [0.25, 0.3) is 0 Å². The average molecular weight is 300 g/mol. The summed E-state index contributed by atoms with van der Waals surface area (Å²) in [5.74, 6) is 0.215. The number of carbonyl (C=O) groups is 2. The van der Waals surface area contributed by atoms with Gasteiger partial charge in [-0.25, -0.2) is 0 Å². The van der Waals surface area contributed by atoms with Gasteiger partial charge in [0.2, 0.25) is 0 Å². The van der Waals surface area contributed by atoms with Gasteiger partial charge in [-0.3, -0.25) is 9.59 Å². The fourth-order valence-electron chi connectivity index (χ4n) is 1.53. The van der Waals surface area contributed by atoms with Gasteiger partial charge < -0.3 is 9.47 Å². The predicted octanol–water partition coefficient (Wildman–Crippen LogP) is 3.40. The van der Waals surface area contributed by atoms with Gasteiger partial charge in [-0.1, -0.05) is 55.5 Å². The molecule has 0 aliphatic carbocycles. The van der Waals surface area contributed by atoms with Crippen LogP contribution in [0.4, 0.5) is 0 Å². The lowest BCUT2D eigenvalue weighted by molar-refractivity contribution is -0.139. The number of carbonyl (C=O) groups excluding carboxylic acids is 2. The summed E-state index contributed by atoms with van der Waals surface area (Å²) in [6.45, 7) is 1.77. The zero-order valence-electron chi connectivity index (χ0n) is 12.8. The van der Waals surface area contributed by atoms with Crippen molar-refractivity contribution >= 4 is 11.9 Å². The number of para-hydroxylation sites is 1. The van der Waals surface area contributed by atoms with E-state index in [-0.39, 0.29) is 11.9 Å². The van der Waals surface area contributed by atoms with Gasteiger partial charge in [0.05, 0.1) is 13.5 Å². The first kappa shape index (κ1) is 17.4. The second kappa shape index (κ2) is 10.2. The van der Waals surface area contributed by atoms with Gasteiger partial charge in [-0.15, -0.1) is 0 Å². The molecule has 0 atom stereocenters. The molecule has 0 saturated heterocycles. The molecular weight excluding hydrogens is 280 g/mol. The highest BCUT2D eigenvalue weighted by Crippen LogP contribution is 2.08. The Bertz CT molecular complexity index is 511. The molecule has 4 heteroatoms. The first-order valence-corrected chi connectivity index (χ1v) is 7.02. The van der Waals surface area contributed by atoms with E-state index >= 15 is 0 Å². The van der Waals surface area contributed by atoms with E-state index in [9.17, 15) is 9.59 Å². The van der Waals surface area contributed by atoms with E-state index in [0.717, 1.165) is 5.56 Å². The number of ether oxygens (including phenoxy) is 2. The highest BCUT2D eigenvalue weighted by atomic mass is 16.5. The lowest BCUT2D eigenvalue weighted by atomic mass is 10.2. The average Bonchev–Trinajstić information content (AvgIpc) is 2.57. The second-order valence-electron chi connectivity index (χ2n) is 4.38. The molecule has 0 aliphatic heterocycles. The molecular formula is C18H20O4. The predicted molar refractivity (Wildman–Crippen MR) is 84.5 cm³/mol. The summed E-state index contributed by atoms with van der Waals surface area (Å²) in [4.78, 5) is 21.5. The van der Waals surface area contributed by atoms with Gasteiger partial charge in [-0.05, 0) is 17.7 Å². The topological polar surface area (TPSA) is 52.6 Å². The summed E-state index contributed by atoms with van der Waals surface area (Å²) in [6.07, 6.45) is 0.770. The van der Waals surface area contributed by atoms with Gasteiger partial charge in [0.1, 0.15) is 5.75 Å². The van der Waals surface area contributed by atoms with Crippen LogP contribution in [0.1, 0.15) is 18.9 Å². The first-order valence-electron chi connectivity index (χ1n) is 7.02. The normalized spacial score (nSPS) is 9.18.